The van der Waals surface area contributed by atoms with Crippen molar-refractivity contribution in [1.82, 2.24) is 40.4 Å². The van der Waals surface area contributed by atoms with Gasteiger partial charge in [0.1, 0.15) is 11.7 Å². The number of nitrogens with zero attached hydrogens (tertiary/aromatic N) is 6. The van der Waals surface area contributed by atoms with Crippen molar-refractivity contribution in [3.63, 3.8) is 0 Å². The van der Waals surface area contributed by atoms with Gasteiger partial charge in [-0.15, -0.1) is 0 Å². The van der Waals surface area contributed by atoms with Crippen LogP contribution in [0.4, 0.5) is 31.1 Å². The van der Waals surface area contributed by atoms with Crippen LogP contribution < -0.4 is 10.6 Å². The summed E-state index contributed by atoms with van der Waals surface area (Å²) in [5, 5.41) is 14.8. The first-order valence-electron chi connectivity index (χ1n) is 13.5. The van der Waals surface area contributed by atoms with Crippen molar-refractivity contribution in [3.8, 4) is 0 Å². The number of urea groups is 1. The minimum absolute atomic E-state index is 0.0636. The Balaban J connectivity index is 1.71. The number of ether oxygens (including phenoxy) is 2. The second kappa shape index (κ2) is 11.3. The minimum Gasteiger partial charge on any atom is -0.382 e. The molecule has 1 aliphatic rings. The van der Waals surface area contributed by atoms with Crippen LogP contribution in [0.1, 0.15) is 57.5 Å². The number of amides is 3. The van der Waals surface area contributed by atoms with Crippen LogP contribution in [0.2, 0.25) is 0 Å². The van der Waals surface area contributed by atoms with E-state index in [2.05, 4.69) is 30.3 Å². The van der Waals surface area contributed by atoms with Crippen LogP contribution in [0, 0.1) is 6.92 Å². The molecule has 13 nitrogen and oxygen atoms in total. The quantitative estimate of drug-likeness (QED) is 0.330. The van der Waals surface area contributed by atoms with E-state index in [-0.39, 0.29) is 33.2 Å². The molecule has 4 heterocycles. The summed E-state index contributed by atoms with van der Waals surface area (Å²) < 4.78 is 121. The number of fused-ring (bicyclic) bond motifs is 1. The molecule has 0 bridgehead atoms. The van der Waals surface area contributed by atoms with Crippen LogP contribution in [0.3, 0.4) is 0 Å². The van der Waals surface area contributed by atoms with Crippen LogP contribution in [0.25, 0.3) is 5.65 Å². The highest BCUT2D eigenvalue weighted by molar-refractivity contribution is 5.93. The molecule has 3 aromatic heterocycles. The predicted octanol–water partition coefficient (Wildman–Crippen LogP) is 2.89. The number of aromatic nitrogens is 5. The molecule has 1 aliphatic heterocycles. The molecule has 230 valence electrons. The first-order valence-corrected chi connectivity index (χ1v) is 12.0. The Morgan fingerprint density at radius 1 is 1.29 bits per heavy atom. The molecule has 19 heteroatoms. The fraction of sp³-hybridized carbons (Fsp3) is 0.565. The first-order chi connectivity index (χ1) is 20.6. The molecule has 1 saturated heterocycles. The minimum atomic E-state index is -5.50. The standard InChI is InChI=1S/C23H26F6N8O5/c1-11-18(35-42-34-11)19(38)32-14(9-41-21(2,3)23(27,28)29)13-7-37-17(31-13)5-12(6-30-37)15(10-40-4)36-8-16(22(24,25)26)33-20(36)39/h5-7,14-16H,8-10H2,1-4H3,(H,32,38)(H,33,39)/t14-,15+,16-/m0/s1/i8D2,16D. The largest absolute Gasteiger partial charge is 0.416 e. The maximum Gasteiger partial charge on any atom is 0.416 e. The number of carbonyl (C=O) groups excluding carboxylic acids is 2. The highest BCUT2D eigenvalue weighted by Gasteiger charge is 2.50. The Kier molecular flexibility index (Phi) is 7.26. The summed E-state index contributed by atoms with van der Waals surface area (Å²) >= 11 is 0. The molecule has 0 aromatic carbocycles. The lowest BCUT2D eigenvalue weighted by Gasteiger charge is -2.29. The second-order valence-corrected chi connectivity index (χ2v) is 9.56. The Morgan fingerprint density at radius 2 is 2.00 bits per heavy atom. The van der Waals surface area contributed by atoms with Gasteiger partial charge in [0.25, 0.3) is 5.91 Å². The van der Waals surface area contributed by atoms with Crippen molar-refractivity contribution in [2.24, 2.45) is 0 Å². The van der Waals surface area contributed by atoms with Gasteiger partial charge in [0.2, 0.25) is 0 Å². The fourth-order valence-electron chi connectivity index (χ4n) is 3.70. The van der Waals surface area contributed by atoms with Crippen molar-refractivity contribution in [3.05, 3.63) is 41.1 Å². The molecule has 0 spiro atoms. The van der Waals surface area contributed by atoms with Gasteiger partial charge in [0.15, 0.2) is 16.9 Å². The maximum atomic E-state index is 13.7. The topological polar surface area (TPSA) is 149 Å². The predicted molar refractivity (Wildman–Crippen MR) is 128 cm³/mol. The van der Waals surface area contributed by atoms with Crippen molar-refractivity contribution in [2.75, 3.05) is 26.8 Å². The average molecular weight is 612 g/mol. The van der Waals surface area contributed by atoms with E-state index >= 15 is 0 Å². The normalized spacial score (nSPS) is 21.9. The molecule has 2 N–H and O–H groups in total. The van der Waals surface area contributed by atoms with Crippen molar-refractivity contribution in [2.45, 2.75) is 56.8 Å². The molecule has 0 unspecified atom stereocenters. The third-order valence-electron chi connectivity index (χ3n) is 6.17. The SMILES string of the molecule is [2H]C1([2H])N([C@H](COC)c2cnn3cc([C@H](COC(C)(C)C(F)(F)F)NC(=O)c4nonc4C)nc3c2)C(=O)N[C@]1([2H])C(F)(F)F. The fourth-order valence-corrected chi connectivity index (χ4v) is 3.70. The Labute approximate surface area is 237 Å². The zero-order valence-electron chi connectivity index (χ0n) is 25.3. The lowest BCUT2D eigenvalue weighted by molar-refractivity contribution is -0.265. The Hall–Kier alpha value is -4.00. The van der Waals surface area contributed by atoms with Gasteiger partial charge in [-0.2, -0.15) is 31.4 Å². The zero-order chi connectivity index (χ0) is 33.8. The zero-order valence-corrected chi connectivity index (χ0v) is 22.3. The monoisotopic (exact) mass is 611 g/mol. The smallest absolute Gasteiger partial charge is 0.382 e. The van der Waals surface area contributed by atoms with Crippen molar-refractivity contribution < 1.29 is 54.1 Å². The molecule has 4 rings (SSSR count). The van der Waals surface area contributed by atoms with E-state index < -0.39 is 67.7 Å². The number of imidazole rings is 1. The van der Waals surface area contributed by atoms with E-state index in [1.165, 1.54) is 24.5 Å². The Morgan fingerprint density at radius 3 is 2.57 bits per heavy atom. The van der Waals surface area contributed by atoms with E-state index in [1.807, 2.05) is 0 Å². The van der Waals surface area contributed by atoms with Crippen molar-refractivity contribution >= 4 is 17.6 Å². The number of halogens is 6. The molecular weight excluding hydrogens is 582 g/mol. The Bertz CT molecular complexity index is 1580. The summed E-state index contributed by atoms with van der Waals surface area (Å²) in [4.78, 5) is 29.9. The van der Waals surface area contributed by atoms with Crippen LogP contribution in [0.15, 0.2) is 23.1 Å². The molecule has 0 radical (unpaired) electrons. The molecule has 42 heavy (non-hydrogen) atoms. The van der Waals surface area contributed by atoms with E-state index in [0.717, 1.165) is 31.7 Å². The summed E-state index contributed by atoms with van der Waals surface area (Å²) in [6.45, 7) is -1.94. The van der Waals surface area contributed by atoms with Crippen LogP contribution in [-0.4, -0.2) is 92.5 Å². The number of hydrogen-bond donors (Lipinski definition) is 2. The number of alkyl halides is 6. The molecule has 3 amide bonds. The van der Waals surface area contributed by atoms with Crippen LogP contribution in [-0.2, 0) is 9.47 Å². The molecule has 3 atom stereocenters. The summed E-state index contributed by atoms with van der Waals surface area (Å²) in [6, 6.07) is -7.24. The number of methoxy groups -OCH3 is 1. The van der Waals surface area contributed by atoms with Gasteiger partial charge in [0, 0.05) is 12.7 Å². The highest BCUT2D eigenvalue weighted by atomic mass is 19.4. The van der Waals surface area contributed by atoms with E-state index in [4.69, 9.17) is 13.6 Å². The lowest BCUT2D eigenvalue weighted by atomic mass is 10.1. The van der Waals surface area contributed by atoms with E-state index in [9.17, 15) is 35.9 Å². The van der Waals surface area contributed by atoms with E-state index in [0.29, 0.717) is 0 Å². The molecule has 3 aromatic rings. The van der Waals surface area contributed by atoms with Gasteiger partial charge >= 0.3 is 18.4 Å². The summed E-state index contributed by atoms with van der Waals surface area (Å²) in [5.41, 5.74) is -3.01. The average Bonchev–Trinajstić information content (AvgIpc) is 3.58. The van der Waals surface area contributed by atoms with Gasteiger partial charge in [-0.05, 0) is 32.0 Å². The maximum absolute atomic E-state index is 13.7. The molecule has 0 saturated carbocycles. The number of nitrogens with one attached hydrogen (secondary N) is 2. The summed E-state index contributed by atoms with van der Waals surface area (Å²) in [7, 11) is 1.15. The third-order valence-corrected chi connectivity index (χ3v) is 6.17. The third kappa shape index (κ3) is 6.40. The van der Waals surface area contributed by atoms with Crippen LogP contribution in [0.5, 0.6) is 0 Å². The van der Waals surface area contributed by atoms with Gasteiger partial charge in [-0.3, -0.25) is 4.79 Å². The number of aryl methyl sites for hydroxylation is 1. The van der Waals surface area contributed by atoms with Gasteiger partial charge in [-0.25, -0.2) is 18.9 Å². The molecule has 0 aliphatic carbocycles. The van der Waals surface area contributed by atoms with E-state index in [1.54, 1.807) is 0 Å². The lowest BCUT2D eigenvalue weighted by Crippen LogP contribution is -2.44. The summed E-state index contributed by atoms with van der Waals surface area (Å²) in [6.07, 6.45) is -7.98. The highest BCUT2D eigenvalue weighted by Crippen LogP contribution is 2.34. The van der Waals surface area contributed by atoms with Gasteiger partial charge in [0.05, 0.1) is 54.0 Å². The second-order valence-electron chi connectivity index (χ2n) is 9.56. The number of hydrogen-bond acceptors (Lipinski definition) is 9. The van der Waals surface area contributed by atoms with Gasteiger partial charge < -0.3 is 25.0 Å². The van der Waals surface area contributed by atoms with Crippen molar-refractivity contribution in [1.29, 1.82) is 0 Å². The number of rotatable bonds is 10. The molecular formula is C23H26F6N8O5. The van der Waals surface area contributed by atoms with Crippen LogP contribution >= 0.6 is 0 Å². The van der Waals surface area contributed by atoms with Gasteiger partial charge in [-0.1, -0.05) is 5.16 Å². The first kappa shape index (κ1) is 26.9. The summed E-state index contributed by atoms with van der Waals surface area (Å²) in [5.74, 6) is -0.885. The number of carbonyl (C=O) groups is 2. The molecule has 1 fully saturated rings.